The highest BCUT2D eigenvalue weighted by atomic mass is 19.1. The summed E-state index contributed by atoms with van der Waals surface area (Å²) in [5.41, 5.74) is 3.82. The maximum absolute atomic E-state index is 14.1. The standard InChI is InChI=1S/C34H35FN8O2/c1-21-29(3-2-4-31(21)35)34(44)42-17-24-15-41(16-25(24)18-42)32-6-5-22(12-38-32)30-10-28(20-43-33(30)23(11-36)13-39-43)45-8-7-40-19-26-9-27(40)14-37-26/h2-6,10,12-13,20,24-27,37H,7-9,14-19H2,1H3. The van der Waals surface area contributed by atoms with Gasteiger partial charge in [-0.15, -0.1) is 0 Å². The average molecular weight is 607 g/mol. The highest BCUT2D eigenvalue weighted by Crippen LogP contribution is 2.36. The van der Waals surface area contributed by atoms with Crippen LogP contribution in [0.3, 0.4) is 0 Å². The van der Waals surface area contributed by atoms with E-state index >= 15 is 0 Å². The maximum atomic E-state index is 14.1. The molecular weight excluding hydrogens is 571 g/mol. The predicted octanol–water partition coefficient (Wildman–Crippen LogP) is 3.35. The number of halogens is 1. The van der Waals surface area contributed by atoms with Gasteiger partial charge in [0.25, 0.3) is 5.91 Å². The Morgan fingerprint density at radius 1 is 1.13 bits per heavy atom. The van der Waals surface area contributed by atoms with Gasteiger partial charge in [-0.3, -0.25) is 9.69 Å². The van der Waals surface area contributed by atoms with E-state index in [9.17, 15) is 14.4 Å². The van der Waals surface area contributed by atoms with Gasteiger partial charge in [0.2, 0.25) is 0 Å². The molecule has 4 aliphatic rings. The first kappa shape index (κ1) is 28.0. The Morgan fingerprint density at radius 2 is 1.98 bits per heavy atom. The Balaban J connectivity index is 0.958. The second-order valence-corrected chi connectivity index (χ2v) is 12.8. The zero-order valence-electron chi connectivity index (χ0n) is 25.2. The van der Waals surface area contributed by atoms with Gasteiger partial charge < -0.3 is 19.9 Å². The lowest BCUT2D eigenvalue weighted by atomic mass is 10.0. The third-order valence-electron chi connectivity index (χ3n) is 10.2. The van der Waals surface area contributed by atoms with E-state index in [2.05, 4.69) is 26.3 Å². The van der Waals surface area contributed by atoms with Crippen LogP contribution in [0.25, 0.3) is 16.6 Å². The zero-order chi connectivity index (χ0) is 30.7. The predicted molar refractivity (Wildman–Crippen MR) is 167 cm³/mol. The Kier molecular flexibility index (Phi) is 6.92. The van der Waals surface area contributed by atoms with Gasteiger partial charge in [-0.1, -0.05) is 6.07 Å². The highest BCUT2D eigenvalue weighted by Gasteiger charge is 2.42. The number of ether oxygens (including phenoxy) is 1. The lowest BCUT2D eigenvalue weighted by molar-refractivity contribution is 0.0781. The Morgan fingerprint density at radius 3 is 2.69 bits per heavy atom. The number of benzene rings is 1. The van der Waals surface area contributed by atoms with Crippen molar-refractivity contribution < 1.29 is 13.9 Å². The van der Waals surface area contributed by atoms with E-state index < -0.39 is 0 Å². The number of fused-ring (bicyclic) bond motifs is 4. The molecule has 4 aliphatic heterocycles. The van der Waals surface area contributed by atoms with E-state index in [1.165, 1.54) is 12.5 Å². The molecular formula is C34H35FN8O2. The fourth-order valence-electron chi connectivity index (χ4n) is 7.77. The number of anilines is 1. The summed E-state index contributed by atoms with van der Waals surface area (Å²) < 4.78 is 22.0. The van der Waals surface area contributed by atoms with Crippen molar-refractivity contribution in [3.63, 3.8) is 0 Å². The van der Waals surface area contributed by atoms with Crippen LogP contribution in [0.5, 0.6) is 5.75 Å². The third-order valence-corrected chi connectivity index (χ3v) is 10.2. The molecule has 1 aromatic carbocycles. The number of amides is 1. The Bertz CT molecular complexity index is 1800. The van der Waals surface area contributed by atoms with Gasteiger partial charge >= 0.3 is 0 Å². The highest BCUT2D eigenvalue weighted by molar-refractivity contribution is 5.96. The van der Waals surface area contributed by atoms with Crippen LogP contribution >= 0.6 is 0 Å². The summed E-state index contributed by atoms with van der Waals surface area (Å²) in [4.78, 5) is 24.6. The monoisotopic (exact) mass is 606 g/mol. The Labute approximate surface area is 261 Å². The van der Waals surface area contributed by atoms with Crippen LogP contribution in [-0.2, 0) is 0 Å². The number of carbonyl (C=O) groups excluding carboxylic acids is 1. The molecule has 2 bridgehead atoms. The molecule has 11 heteroatoms. The van der Waals surface area contributed by atoms with Gasteiger partial charge in [0.1, 0.15) is 30.1 Å². The molecule has 4 unspecified atom stereocenters. The van der Waals surface area contributed by atoms with Crippen molar-refractivity contribution in [1.29, 1.82) is 5.26 Å². The molecule has 4 atom stereocenters. The van der Waals surface area contributed by atoms with E-state index in [4.69, 9.17) is 9.72 Å². The molecule has 0 radical (unpaired) electrons. The van der Waals surface area contributed by atoms with Crippen LogP contribution in [0, 0.1) is 35.9 Å². The number of likely N-dealkylation sites (tertiary alicyclic amines) is 2. The van der Waals surface area contributed by atoms with Crippen molar-refractivity contribution in [2.75, 3.05) is 57.3 Å². The smallest absolute Gasteiger partial charge is 0.254 e. The fraction of sp³-hybridized carbons (Fsp3) is 0.412. The lowest BCUT2D eigenvalue weighted by Gasteiger charge is -2.27. The van der Waals surface area contributed by atoms with Gasteiger partial charge in [0.15, 0.2) is 0 Å². The number of piperazine rings is 1. The summed E-state index contributed by atoms with van der Waals surface area (Å²) in [5.74, 6) is 1.84. The summed E-state index contributed by atoms with van der Waals surface area (Å²) >= 11 is 0. The number of nitriles is 1. The number of nitrogens with zero attached hydrogens (tertiary/aromatic N) is 7. The summed E-state index contributed by atoms with van der Waals surface area (Å²) in [6.45, 7) is 8.20. The molecule has 7 heterocycles. The number of pyridine rings is 2. The van der Waals surface area contributed by atoms with Crippen molar-refractivity contribution >= 4 is 17.2 Å². The van der Waals surface area contributed by atoms with Crippen LogP contribution in [0.1, 0.15) is 27.9 Å². The molecule has 4 aromatic rings. The van der Waals surface area contributed by atoms with E-state index in [0.717, 1.165) is 55.2 Å². The normalized spacial score (nSPS) is 24.0. The first-order valence-corrected chi connectivity index (χ1v) is 15.7. The summed E-state index contributed by atoms with van der Waals surface area (Å²) in [5, 5.41) is 17.8. The third kappa shape index (κ3) is 4.98. The molecule has 230 valence electrons. The maximum Gasteiger partial charge on any atom is 0.254 e. The largest absolute Gasteiger partial charge is 0.491 e. The molecule has 0 spiro atoms. The second kappa shape index (κ2) is 11.1. The zero-order valence-corrected chi connectivity index (χ0v) is 25.2. The van der Waals surface area contributed by atoms with Crippen LogP contribution in [-0.4, -0.2) is 94.8 Å². The molecule has 0 aliphatic carbocycles. The van der Waals surface area contributed by atoms with Crippen molar-refractivity contribution in [2.24, 2.45) is 11.8 Å². The van der Waals surface area contributed by atoms with Gasteiger partial charge in [-0.25, -0.2) is 13.9 Å². The second-order valence-electron chi connectivity index (χ2n) is 12.8. The average Bonchev–Trinajstić information content (AvgIpc) is 3.88. The van der Waals surface area contributed by atoms with E-state index in [1.807, 2.05) is 35.5 Å². The van der Waals surface area contributed by atoms with Gasteiger partial charge in [0.05, 0.1) is 23.5 Å². The topological polar surface area (TPSA) is 102 Å². The van der Waals surface area contributed by atoms with Crippen LogP contribution in [0.4, 0.5) is 10.2 Å². The van der Waals surface area contributed by atoms with Crippen molar-refractivity contribution in [3.05, 3.63) is 77.5 Å². The van der Waals surface area contributed by atoms with E-state index in [1.54, 1.807) is 29.8 Å². The van der Waals surface area contributed by atoms with Crippen LogP contribution in [0.15, 0.2) is 55.0 Å². The SMILES string of the molecule is Cc1c(F)cccc1C(=O)N1CC2CN(c3ccc(-c4cc(OCCN5CC6CC5CN6)cn5ncc(C#N)c45)cn3)CC2C1. The minimum Gasteiger partial charge on any atom is -0.491 e. The van der Waals surface area contributed by atoms with Crippen molar-refractivity contribution in [1.82, 2.24) is 29.7 Å². The number of rotatable bonds is 7. The summed E-state index contributed by atoms with van der Waals surface area (Å²) in [7, 11) is 0. The molecule has 1 N–H and O–H groups in total. The first-order chi connectivity index (χ1) is 21.9. The number of aromatic nitrogens is 3. The molecule has 8 rings (SSSR count). The first-order valence-electron chi connectivity index (χ1n) is 15.7. The molecule has 1 amide bonds. The molecule has 45 heavy (non-hydrogen) atoms. The molecule has 10 nitrogen and oxygen atoms in total. The molecule has 0 saturated carbocycles. The quantitative estimate of drug-likeness (QED) is 0.342. The van der Waals surface area contributed by atoms with Gasteiger partial charge in [-0.2, -0.15) is 10.4 Å². The summed E-state index contributed by atoms with van der Waals surface area (Å²) in [6.07, 6.45) is 6.50. The van der Waals surface area contributed by atoms with Crippen molar-refractivity contribution in [3.8, 4) is 22.9 Å². The number of hydrogen-bond donors (Lipinski definition) is 1. The number of hydrogen-bond acceptors (Lipinski definition) is 8. The number of carbonyl (C=O) groups is 1. The molecule has 4 fully saturated rings. The van der Waals surface area contributed by atoms with Crippen molar-refractivity contribution in [2.45, 2.75) is 25.4 Å². The van der Waals surface area contributed by atoms with Crippen LogP contribution in [0.2, 0.25) is 0 Å². The minimum atomic E-state index is -0.347. The molecule has 3 aromatic heterocycles. The minimum absolute atomic E-state index is 0.0927. The number of nitrogens with one attached hydrogen (secondary N) is 1. The van der Waals surface area contributed by atoms with Crippen LogP contribution < -0.4 is 15.0 Å². The van der Waals surface area contributed by atoms with E-state index in [0.29, 0.717) is 66.1 Å². The van der Waals surface area contributed by atoms with Gasteiger partial charge in [-0.05, 0) is 49.2 Å². The lowest BCUT2D eigenvalue weighted by Crippen LogP contribution is -2.45. The van der Waals surface area contributed by atoms with E-state index in [-0.39, 0.29) is 11.7 Å². The summed E-state index contributed by atoms with van der Waals surface area (Å²) in [6, 6.07) is 14.2. The Hall–Kier alpha value is -4.53. The van der Waals surface area contributed by atoms with Gasteiger partial charge in [0, 0.05) is 92.6 Å². The fourth-order valence-corrected chi connectivity index (χ4v) is 7.77. The molecule has 4 saturated heterocycles.